The molecule has 1 aromatic carbocycles. The largest absolute Gasteiger partial charge is 0.504 e. The summed E-state index contributed by atoms with van der Waals surface area (Å²) in [5, 5.41) is 9.89. The highest BCUT2D eigenvalue weighted by molar-refractivity contribution is 5.87. The minimum absolute atomic E-state index is 0.0348. The van der Waals surface area contributed by atoms with E-state index in [2.05, 4.69) is 61.5 Å². The zero-order valence-electron chi connectivity index (χ0n) is 29.7. The summed E-state index contributed by atoms with van der Waals surface area (Å²) < 4.78 is 11.5. The molecule has 0 heterocycles. The van der Waals surface area contributed by atoms with E-state index in [-0.39, 0.29) is 23.2 Å². The summed E-state index contributed by atoms with van der Waals surface area (Å²) in [6.45, 7) is 19.7. The molecule has 6 rings (SSSR count). The third kappa shape index (κ3) is 4.85. The van der Waals surface area contributed by atoms with Crippen molar-refractivity contribution in [1.82, 2.24) is 0 Å². The number of allylic oxidation sites excluding steroid dienone is 2. The minimum Gasteiger partial charge on any atom is -0.504 e. The monoisotopic (exact) mass is 616 g/mol. The lowest BCUT2D eigenvalue weighted by atomic mass is 9.41. The van der Waals surface area contributed by atoms with Gasteiger partial charge in [0.15, 0.2) is 11.5 Å². The number of phenolic OH excluding ortho intramolecular Hbond substituents is 1. The van der Waals surface area contributed by atoms with Crippen molar-refractivity contribution in [2.24, 2.45) is 56.7 Å². The molecular weight excluding hydrogens is 556 g/mol. The molecule has 2 spiro atoms. The van der Waals surface area contributed by atoms with Gasteiger partial charge in [0.05, 0.1) is 7.11 Å². The number of carbonyl (C=O) groups is 1. The highest BCUT2D eigenvalue weighted by Gasteiger charge is 2.82. The number of methoxy groups -OCH3 is 1. The lowest BCUT2D eigenvalue weighted by Gasteiger charge is -2.63. The zero-order valence-corrected chi connectivity index (χ0v) is 29.7. The van der Waals surface area contributed by atoms with Crippen molar-refractivity contribution in [2.75, 3.05) is 7.11 Å². The Hall–Kier alpha value is -2.23. The molecule has 0 radical (unpaired) electrons. The van der Waals surface area contributed by atoms with Crippen LogP contribution >= 0.6 is 0 Å². The summed E-state index contributed by atoms with van der Waals surface area (Å²) in [6, 6.07) is 5.09. The van der Waals surface area contributed by atoms with Gasteiger partial charge in [-0.3, -0.25) is 0 Å². The van der Waals surface area contributed by atoms with Gasteiger partial charge >= 0.3 is 5.97 Å². The van der Waals surface area contributed by atoms with E-state index in [0.29, 0.717) is 39.2 Å². The number of rotatable bonds is 8. The summed E-state index contributed by atoms with van der Waals surface area (Å²) in [6.07, 6.45) is 18.8. The quantitative estimate of drug-likeness (QED) is 0.179. The van der Waals surface area contributed by atoms with Gasteiger partial charge in [-0.1, -0.05) is 66.2 Å². The number of aromatic hydroxyl groups is 1. The summed E-state index contributed by atoms with van der Waals surface area (Å²) in [5.41, 5.74) is 4.12. The molecule has 45 heavy (non-hydrogen) atoms. The number of esters is 1. The Labute approximate surface area is 273 Å². The highest BCUT2D eigenvalue weighted by Crippen LogP contribution is 2.89. The standard InChI is InChI=1S/C41H60O4/c1-26(2)27(3)10-11-28(4)30-18-20-39(8)34-16-15-33-37(5,6)35(19-21-40(33)25-41(34,40)23-22-38(30,39)7)45-36(43)17-13-29-12-14-31(42)32(24-29)44-9/h10,12-14,17,24,26,28,30,33-35,42H,11,15-16,18-23,25H2,1-9H3/b17-13+,27-10+/t28?,30-,33+,34+,35+,38-,39+,40-,41+/m1/s1. The van der Waals surface area contributed by atoms with Crippen LogP contribution in [-0.4, -0.2) is 24.3 Å². The van der Waals surface area contributed by atoms with Gasteiger partial charge in [-0.2, -0.15) is 0 Å². The lowest BCUT2D eigenvalue weighted by molar-refractivity contribution is -0.179. The van der Waals surface area contributed by atoms with E-state index in [9.17, 15) is 9.90 Å². The molecule has 5 fully saturated rings. The van der Waals surface area contributed by atoms with Gasteiger partial charge in [-0.15, -0.1) is 0 Å². The molecule has 0 bridgehead atoms. The van der Waals surface area contributed by atoms with Crippen LogP contribution in [0.4, 0.5) is 0 Å². The van der Waals surface area contributed by atoms with Gasteiger partial charge in [0.25, 0.3) is 0 Å². The van der Waals surface area contributed by atoms with E-state index in [0.717, 1.165) is 29.7 Å². The van der Waals surface area contributed by atoms with Gasteiger partial charge in [0.1, 0.15) is 6.10 Å². The molecule has 0 aliphatic heterocycles. The van der Waals surface area contributed by atoms with Crippen molar-refractivity contribution in [1.29, 1.82) is 0 Å². The first-order chi connectivity index (χ1) is 21.1. The molecule has 5 aliphatic rings. The Morgan fingerprint density at radius 2 is 1.67 bits per heavy atom. The molecule has 9 atom stereocenters. The minimum atomic E-state index is -0.277. The molecular formula is C41H60O4. The van der Waals surface area contributed by atoms with Crippen LogP contribution in [0.5, 0.6) is 11.5 Å². The van der Waals surface area contributed by atoms with E-state index in [4.69, 9.17) is 9.47 Å². The maximum Gasteiger partial charge on any atom is 0.331 e. The predicted molar refractivity (Wildman–Crippen MR) is 183 cm³/mol. The average molecular weight is 617 g/mol. The molecule has 1 N–H and O–H groups in total. The number of ether oxygens (including phenoxy) is 2. The fourth-order valence-corrected chi connectivity index (χ4v) is 12.4. The zero-order chi connectivity index (χ0) is 32.6. The second-order valence-electron chi connectivity index (χ2n) is 17.5. The van der Waals surface area contributed by atoms with Crippen LogP contribution in [0, 0.1) is 56.7 Å². The number of phenols is 1. The fraction of sp³-hybridized carbons (Fsp3) is 0.732. The van der Waals surface area contributed by atoms with Gasteiger partial charge in [-0.05, 0) is 146 Å². The van der Waals surface area contributed by atoms with Gasteiger partial charge in [-0.25, -0.2) is 4.79 Å². The van der Waals surface area contributed by atoms with Gasteiger partial charge in [0.2, 0.25) is 0 Å². The first-order valence-electron chi connectivity index (χ1n) is 18.1. The first-order valence-corrected chi connectivity index (χ1v) is 18.1. The summed E-state index contributed by atoms with van der Waals surface area (Å²) >= 11 is 0. The van der Waals surface area contributed by atoms with Crippen LogP contribution in [0.25, 0.3) is 6.08 Å². The van der Waals surface area contributed by atoms with E-state index in [1.165, 1.54) is 71.0 Å². The molecule has 0 aromatic heterocycles. The van der Waals surface area contributed by atoms with E-state index >= 15 is 0 Å². The van der Waals surface area contributed by atoms with Crippen LogP contribution in [0.3, 0.4) is 0 Å². The molecule has 0 amide bonds. The van der Waals surface area contributed by atoms with E-state index in [1.807, 2.05) is 0 Å². The molecule has 4 nitrogen and oxygen atoms in total. The Balaban J connectivity index is 1.15. The normalized spacial score (nSPS) is 40.7. The SMILES string of the molecule is COc1cc(/C=C/C(=O)O[C@H]2CC[C@]34C[C@]35CC[C@]3(C)[C@@H](C(C)C/C=C(\C)C(C)C)CC[C@@]3(C)[C@@H]5CC[C@H]4C2(C)C)ccc1O. The molecule has 5 aliphatic carbocycles. The van der Waals surface area contributed by atoms with Crippen LogP contribution in [0.15, 0.2) is 35.9 Å². The predicted octanol–water partition coefficient (Wildman–Crippen LogP) is 10.4. The van der Waals surface area contributed by atoms with Gasteiger partial charge < -0.3 is 14.6 Å². The van der Waals surface area contributed by atoms with Crippen molar-refractivity contribution < 1.29 is 19.4 Å². The molecule has 4 heteroatoms. The van der Waals surface area contributed by atoms with E-state index < -0.39 is 0 Å². The van der Waals surface area contributed by atoms with Crippen molar-refractivity contribution in [3.63, 3.8) is 0 Å². The topological polar surface area (TPSA) is 55.8 Å². The number of hydrogen-bond acceptors (Lipinski definition) is 4. The van der Waals surface area contributed by atoms with Crippen molar-refractivity contribution >= 4 is 12.0 Å². The second-order valence-corrected chi connectivity index (χ2v) is 17.5. The van der Waals surface area contributed by atoms with Crippen LogP contribution in [0.2, 0.25) is 0 Å². The molecule has 1 unspecified atom stereocenters. The lowest BCUT2D eigenvalue weighted by Crippen LogP contribution is -2.58. The van der Waals surface area contributed by atoms with Crippen molar-refractivity contribution in [2.45, 2.75) is 126 Å². The summed E-state index contributed by atoms with van der Waals surface area (Å²) in [7, 11) is 1.53. The smallest absolute Gasteiger partial charge is 0.331 e. The Kier molecular flexibility index (Phi) is 8.13. The first kappa shape index (κ1) is 32.7. The number of benzene rings is 1. The van der Waals surface area contributed by atoms with Crippen molar-refractivity contribution in [3.8, 4) is 11.5 Å². The molecule has 5 saturated carbocycles. The Morgan fingerprint density at radius 3 is 2.38 bits per heavy atom. The molecule has 1 aromatic rings. The highest BCUT2D eigenvalue weighted by atomic mass is 16.5. The average Bonchev–Trinajstić information content (AvgIpc) is 3.58. The maximum atomic E-state index is 13.1. The van der Waals surface area contributed by atoms with Crippen molar-refractivity contribution in [3.05, 3.63) is 41.5 Å². The summed E-state index contributed by atoms with van der Waals surface area (Å²) in [4.78, 5) is 13.1. The molecule has 248 valence electrons. The third-order valence-corrected chi connectivity index (χ3v) is 15.4. The van der Waals surface area contributed by atoms with E-state index in [1.54, 1.807) is 29.8 Å². The maximum absolute atomic E-state index is 13.1. The second kappa shape index (κ2) is 11.2. The van der Waals surface area contributed by atoms with Crippen LogP contribution in [0.1, 0.15) is 125 Å². The Morgan fingerprint density at radius 1 is 0.956 bits per heavy atom. The third-order valence-electron chi connectivity index (χ3n) is 15.4. The molecule has 0 saturated heterocycles. The number of carbonyl (C=O) groups excluding carboxylic acids is 1. The van der Waals surface area contributed by atoms with Crippen LogP contribution < -0.4 is 4.74 Å². The number of fused-ring (bicyclic) bond motifs is 2. The fourth-order valence-electron chi connectivity index (χ4n) is 12.4. The summed E-state index contributed by atoms with van der Waals surface area (Å²) in [5.74, 6) is 3.88. The number of hydrogen-bond donors (Lipinski definition) is 1. The Bertz CT molecular complexity index is 1370. The van der Waals surface area contributed by atoms with Crippen LogP contribution in [-0.2, 0) is 9.53 Å². The van der Waals surface area contributed by atoms with Gasteiger partial charge in [0, 0.05) is 11.5 Å².